The third kappa shape index (κ3) is 6.12. The number of nitrogens with one attached hydrogen (secondary N) is 1. The van der Waals surface area contributed by atoms with Crippen LogP contribution in [0.4, 0.5) is 0 Å². The standard InChI is InChI=1S/C8H18N2O2/c1-6(2)3-7(5-11)10-4-8(9)12/h6-7,10-11H,3-5H2,1-2H3,(H2,9,12). The van der Waals surface area contributed by atoms with Gasteiger partial charge in [0.1, 0.15) is 0 Å². The van der Waals surface area contributed by atoms with Crippen LogP contribution in [0, 0.1) is 5.92 Å². The molecule has 0 saturated carbocycles. The van der Waals surface area contributed by atoms with Gasteiger partial charge in [0.25, 0.3) is 0 Å². The van der Waals surface area contributed by atoms with Crippen LogP contribution < -0.4 is 11.1 Å². The Kier molecular flexibility index (Phi) is 5.66. The number of carbonyl (C=O) groups is 1. The van der Waals surface area contributed by atoms with Crippen LogP contribution in [0.15, 0.2) is 0 Å². The van der Waals surface area contributed by atoms with Crippen molar-refractivity contribution in [3.63, 3.8) is 0 Å². The second kappa shape index (κ2) is 5.97. The lowest BCUT2D eigenvalue weighted by molar-refractivity contribution is -0.117. The quantitative estimate of drug-likeness (QED) is 0.506. The van der Waals surface area contributed by atoms with Crippen molar-refractivity contribution >= 4 is 5.91 Å². The predicted octanol–water partition coefficient (Wildman–Crippen LogP) is -0.532. The van der Waals surface area contributed by atoms with Crippen LogP contribution in [0.1, 0.15) is 20.3 Å². The number of aliphatic hydroxyl groups is 1. The molecule has 0 saturated heterocycles. The first-order valence-corrected chi connectivity index (χ1v) is 4.18. The van der Waals surface area contributed by atoms with Crippen molar-refractivity contribution in [2.45, 2.75) is 26.3 Å². The van der Waals surface area contributed by atoms with Gasteiger partial charge in [-0.25, -0.2) is 0 Å². The van der Waals surface area contributed by atoms with E-state index < -0.39 is 5.91 Å². The number of rotatable bonds is 6. The zero-order valence-corrected chi connectivity index (χ0v) is 7.71. The molecule has 4 nitrogen and oxygen atoms in total. The molecule has 0 radical (unpaired) electrons. The lowest BCUT2D eigenvalue weighted by atomic mass is 10.0. The van der Waals surface area contributed by atoms with Gasteiger partial charge in [-0.2, -0.15) is 0 Å². The maximum atomic E-state index is 10.4. The first kappa shape index (κ1) is 11.4. The third-order valence-electron chi connectivity index (χ3n) is 1.54. The fraction of sp³-hybridized carbons (Fsp3) is 0.875. The van der Waals surface area contributed by atoms with E-state index in [2.05, 4.69) is 19.2 Å². The molecule has 0 heterocycles. The summed E-state index contributed by atoms with van der Waals surface area (Å²) in [6.45, 7) is 4.31. The molecule has 0 rings (SSSR count). The predicted molar refractivity (Wildman–Crippen MR) is 47.5 cm³/mol. The van der Waals surface area contributed by atoms with Gasteiger partial charge in [-0.3, -0.25) is 4.79 Å². The summed E-state index contributed by atoms with van der Waals surface area (Å²) in [5.74, 6) is 0.111. The Labute approximate surface area is 73.1 Å². The first-order valence-electron chi connectivity index (χ1n) is 4.18. The average Bonchev–Trinajstić information content (AvgIpc) is 1.97. The topological polar surface area (TPSA) is 75.3 Å². The lowest BCUT2D eigenvalue weighted by Crippen LogP contribution is -2.39. The van der Waals surface area contributed by atoms with E-state index in [0.29, 0.717) is 5.92 Å². The summed E-state index contributed by atoms with van der Waals surface area (Å²) in [6, 6.07) is -0.0162. The van der Waals surface area contributed by atoms with Gasteiger partial charge in [-0.05, 0) is 12.3 Å². The molecule has 4 N–H and O–H groups in total. The molecule has 72 valence electrons. The van der Waals surface area contributed by atoms with Gasteiger partial charge < -0.3 is 16.2 Å². The molecule has 0 aromatic heterocycles. The zero-order valence-electron chi connectivity index (χ0n) is 7.71. The minimum atomic E-state index is -0.391. The van der Waals surface area contributed by atoms with Gasteiger partial charge >= 0.3 is 0 Å². The van der Waals surface area contributed by atoms with Crippen LogP contribution in [-0.2, 0) is 4.79 Å². The minimum absolute atomic E-state index is 0.0162. The number of nitrogens with two attached hydrogens (primary N) is 1. The molecule has 1 unspecified atom stereocenters. The molecule has 1 amide bonds. The molecule has 0 spiro atoms. The second-order valence-electron chi connectivity index (χ2n) is 3.36. The second-order valence-corrected chi connectivity index (χ2v) is 3.36. The largest absolute Gasteiger partial charge is 0.395 e. The average molecular weight is 174 g/mol. The van der Waals surface area contributed by atoms with Crippen molar-refractivity contribution in [3.05, 3.63) is 0 Å². The first-order chi connectivity index (χ1) is 5.56. The number of primary amides is 1. The summed E-state index contributed by atoms with van der Waals surface area (Å²) in [6.07, 6.45) is 0.851. The molecule has 0 aromatic rings. The van der Waals surface area contributed by atoms with Crippen molar-refractivity contribution in [1.82, 2.24) is 5.32 Å². The van der Waals surface area contributed by atoms with Crippen LogP contribution in [0.25, 0.3) is 0 Å². The molecule has 0 aliphatic heterocycles. The maximum absolute atomic E-state index is 10.4. The molecule has 12 heavy (non-hydrogen) atoms. The van der Waals surface area contributed by atoms with Crippen LogP contribution >= 0.6 is 0 Å². The van der Waals surface area contributed by atoms with E-state index in [4.69, 9.17) is 10.8 Å². The highest BCUT2D eigenvalue weighted by Gasteiger charge is 2.09. The SMILES string of the molecule is CC(C)CC(CO)NCC(N)=O. The Morgan fingerprint density at radius 2 is 2.17 bits per heavy atom. The monoisotopic (exact) mass is 174 g/mol. The number of hydrogen-bond acceptors (Lipinski definition) is 3. The van der Waals surface area contributed by atoms with E-state index >= 15 is 0 Å². The smallest absolute Gasteiger partial charge is 0.231 e. The van der Waals surface area contributed by atoms with E-state index in [1.54, 1.807) is 0 Å². The number of amides is 1. The van der Waals surface area contributed by atoms with Gasteiger partial charge in [0.05, 0.1) is 13.2 Å². The molecule has 1 atom stereocenters. The molecule has 0 aliphatic rings. The normalized spacial score (nSPS) is 13.3. The molecule has 4 heteroatoms. The molecule has 0 fully saturated rings. The molecular weight excluding hydrogens is 156 g/mol. The molecule has 0 aliphatic carbocycles. The van der Waals surface area contributed by atoms with Crippen LogP contribution in [0.3, 0.4) is 0 Å². The van der Waals surface area contributed by atoms with E-state index in [1.807, 2.05) is 0 Å². The molecular formula is C8H18N2O2. The van der Waals surface area contributed by atoms with Gasteiger partial charge in [-0.1, -0.05) is 13.8 Å². The summed E-state index contributed by atoms with van der Waals surface area (Å²) in [5.41, 5.74) is 4.94. The summed E-state index contributed by atoms with van der Waals surface area (Å²) in [5, 5.41) is 11.7. The Bertz CT molecular complexity index is 137. The summed E-state index contributed by atoms with van der Waals surface area (Å²) in [4.78, 5) is 10.4. The van der Waals surface area contributed by atoms with E-state index in [9.17, 15) is 4.79 Å². The van der Waals surface area contributed by atoms with Gasteiger partial charge in [0, 0.05) is 6.04 Å². The van der Waals surface area contributed by atoms with Crippen molar-refractivity contribution in [2.24, 2.45) is 11.7 Å². The van der Waals surface area contributed by atoms with Crippen molar-refractivity contribution in [1.29, 1.82) is 0 Å². The van der Waals surface area contributed by atoms with Crippen LogP contribution in [-0.4, -0.2) is 30.2 Å². The number of carbonyl (C=O) groups excluding carboxylic acids is 1. The summed E-state index contributed by atoms with van der Waals surface area (Å²) < 4.78 is 0. The maximum Gasteiger partial charge on any atom is 0.231 e. The minimum Gasteiger partial charge on any atom is -0.395 e. The van der Waals surface area contributed by atoms with Gasteiger partial charge in [0.15, 0.2) is 0 Å². The highest BCUT2D eigenvalue weighted by molar-refractivity contribution is 5.75. The van der Waals surface area contributed by atoms with Crippen LogP contribution in [0.5, 0.6) is 0 Å². The molecule has 0 aromatic carbocycles. The highest BCUT2D eigenvalue weighted by atomic mass is 16.3. The van der Waals surface area contributed by atoms with Gasteiger partial charge in [0.2, 0.25) is 5.91 Å². The Balaban J connectivity index is 3.60. The Morgan fingerprint density at radius 3 is 2.50 bits per heavy atom. The zero-order chi connectivity index (χ0) is 9.56. The lowest BCUT2D eigenvalue weighted by Gasteiger charge is -2.16. The van der Waals surface area contributed by atoms with Gasteiger partial charge in [-0.15, -0.1) is 0 Å². The van der Waals surface area contributed by atoms with E-state index in [1.165, 1.54) is 0 Å². The Hall–Kier alpha value is -0.610. The van der Waals surface area contributed by atoms with Crippen molar-refractivity contribution in [2.75, 3.05) is 13.2 Å². The summed E-state index contributed by atoms with van der Waals surface area (Å²) in [7, 11) is 0. The van der Waals surface area contributed by atoms with E-state index in [0.717, 1.165) is 6.42 Å². The fourth-order valence-corrected chi connectivity index (χ4v) is 1.04. The Morgan fingerprint density at radius 1 is 1.58 bits per heavy atom. The summed E-state index contributed by atoms with van der Waals surface area (Å²) >= 11 is 0. The molecule has 0 bridgehead atoms. The highest BCUT2D eigenvalue weighted by Crippen LogP contribution is 2.03. The fourth-order valence-electron chi connectivity index (χ4n) is 1.04. The van der Waals surface area contributed by atoms with Crippen molar-refractivity contribution < 1.29 is 9.90 Å². The number of hydrogen-bond donors (Lipinski definition) is 3. The van der Waals surface area contributed by atoms with Crippen molar-refractivity contribution in [3.8, 4) is 0 Å². The van der Waals surface area contributed by atoms with Crippen LogP contribution in [0.2, 0.25) is 0 Å². The number of aliphatic hydroxyl groups excluding tert-OH is 1. The third-order valence-corrected chi connectivity index (χ3v) is 1.54. The van der Waals surface area contributed by atoms with E-state index in [-0.39, 0.29) is 19.2 Å².